The molecule has 0 atom stereocenters. The molecule has 0 aliphatic rings. The Morgan fingerprint density at radius 3 is 2.44 bits per heavy atom. The minimum Gasteiger partial charge on any atom is -0.494 e. The lowest BCUT2D eigenvalue weighted by Gasteiger charge is -2.07. The van der Waals surface area contributed by atoms with Crippen LogP contribution in [-0.2, 0) is 4.79 Å². The zero-order valence-corrected chi connectivity index (χ0v) is 16.0. The van der Waals surface area contributed by atoms with Crippen LogP contribution in [-0.4, -0.2) is 24.1 Å². The molecular formula is C21H22N2O3S. The molecule has 0 fully saturated rings. The van der Waals surface area contributed by atoms with Crippen molar-refractivity contribution < 1.29 is 14.3 Å². The molecule has 0 saturated heterocycles. The minimum absolute atomic E-state index is 0.0562. The van der Waals surface area contributed by atoms with Gasteiger partial charge in [0.25, 0.3) is 0 Å². The average Bonchev–Trinajstić information content (AvgIpc) is 3.16. The van der Waals surface area contributed by atoms with E-state index in [0.29, 0.717) is 31.2 Å². The van der Waals surface area contributed by atoms with Gasteiger partial charge in [-0.15, -0.1) is 11.3 Å². The third-order valence-corrected chi connectivity index (χ3v) is 4.53. The summed E-state index contributed by atoms with van der Waals surface area (Å²) in [6.45, 7) is 3.07. The Morgan fingerprint density at radius 1 is 1.04 bits per heavy atom. The highest BCUT2D eigenvalue weighted by molar-refractivity contribution is 7.14. The van der Waals surface area contributed by atoms with Gasteiger partial charge in [0.05, 0.1) is 18.9 Å². The fourth-order valence-corrected chi connectivity index (χ4v) is 3.21. The Balaban J connectivity index is 1.39. The Kier molecular flexibility index (Phi) is 6.82. The van der Waals surface area contributed by atoms with Gasteiger partial charge >= 0.3 is 0 Å². The van der Waals surface area contributed by atoms with Gasteiger partial charge in [-0.2, -0.15) is 0 Å². The fourth-order valence-electron chi connectivity index (χ4n) is 2.48. The molecule has 0 spiro atoms. The maximum Gasteiger partial charge on any atom is 0.226 e. The first-order chi connectivity index (χ1) is 13.2. The quantitative estimate of drug-likeness (QED) is 0.529. The summed E-state index contributed by atoms with van der Waals surface area (Å²) in [4.78, 5) is 16.5. The lowest BCUT2D eigenvalue weighted by molar-refractivity contribution is -0.116. The van der Waals surface area contributed by atoms with Crippen LogP contribution in [0.1, 0.15) is 19.8 Å². The van der Waals surface area contributed by atoms with E-state index < -0.39 is 0 Å². The number of thiazole rings is 1. The number of nitrogens with one attached hydrogen (secondary N) is 1. The second-order valence-electron chi connectivity index (χ2n) is 5.81. The predicted molar refractivity (Wildman–Crippen MR) is 109 cm³/mol. The number of amides is 1. The highest BCUT2D eigenvalue weighted by atomic mass is 32.1. The van der Waals surface area contributed by atoms with E-state index >= 15 is 0 Å². The van der Waals surface area contributed by atoms with Crippen LogP contribution in [0.2, 0.25) is 0 Å². The van der Waals surface area contributed by atoms with Gasteiger partial charge < -0.3 is 14.8 Å². The van der Waals surface area contributed by atoms with Crippen molar-refractivity contribution in [2.24, 2.45) is 0 Å². The van der Waals surface area contributed by atoms with Crippen LogP contribution in [0.15, 0.2) is 60.0 Å². The van der Waals surface area contributed by atoms with Crippen molar-refractivity contribution in [3.8, 4) is 22.8 Å². The summed E-state index contributed by atoms with van der Waals surface area (Å²) in [5.41, 5.74) is 1.91. The molecule has 1 aromatic heterocycles. The lowest BCUT2D eigenvalue weighted by atomic mass is 10.2. The van der Waals surface area contributed by atoms with Crippen LogP contribution in [0.3, 0.4) is 0 Å². The molecule has 1 amide bonds. The molecule has 0 unspecified atom stereocenters. The van der Waals surface area contributed by atoms with Crippen LogP contribution in [0.5, 0.6) is 11.5 Å². The molecular weight excluding hydrogens is 360 g/mol. The van der Waals surface area contributed by atoms with Gasteiger partial charge in [0.1, 0.15) is 11.5 Å². The number of hydrogen-bond donors (Lipinski definition) is 1. The number of aromatic nitrogens is 1. The van der Waals surface area contributed by atoms with Crippen LogP contribution >= 0.6 is 11.3 Å². The zero-order chi connectivity index (χ0) is 18.9. The normalized spacial score (nSPS) is 10.4. The van der Waals surface area contributed by atoms with Gasteiger partial charge in [-0.05, 0) is 37.6 Å². The fraction of sp³-hybridized carbons (Fsp3) is 0.238. The molecule has 1 N–H and O–H groups in total. The average molecular weight is 382 g/mol. The Morgan fingerprint density at radius 2 is 1.74 bits per heavy atom. The van der Waals surface area contributed by atoms with E-state index in [1.165, 1.54) is 11.3 Å². The molecule has 0 bridgehead atoms. The zero-order valence-electron chi connectivity index (χ0n) is 15.2. The molecule has 3 rings (SSSR count). The monoisotopic (exact) mass is 382 g/mol. The van der Waals surface area contributed by atoms with Gasteiger partial charge in [-0.3, -0.25) is 4.79 Å². The third-order valence-electron chi connectivity index (χ3n) is 3.77. The smallest absolute Gasteiger partial charge is 0.226 e. The van der Waals surface area contributed by atoms with Gasteiger partial charge in [-0.1, -0.05) is 30.3 Å². The second-order valence-corrected chi connectivity index (χ2v) is 6.67. The molecule has 2 aromatic carbocycles. The van der Waals surface area contributed by atoms with E-state index in [1.54, 1.807) is 0 Å². The number of carbonyl (C=O) groups is 1. The van der Waals surface area contributed by atoms with Gasteiger partial charge in [0.15, 0.2) is 5.13 Å². The van der Waals surface area contributed by atoms with Gasteiger partial charge in [0, 0.05) is 17.4 Å². The Hall–Kier alpha value is -2.86. The number of ether oxygens (including phenoxy) is 2. The van der Waals surface area contributed by atoms with Crippen LogP contribution in [0.25, 0.3) is 11.3 Å². The molecule has 1 heterocycles. The van der Waals surface area contributed by atoms with Crippen LogP contribution in [0.4, 0.5) is 5.13 Å². The van der Waals surface area contributed by atoms with E-state index in [-0.39, 0.29) is 5.91 Å². The molecule has 27 heavy (non-hydrogen) atoms. The highest BCUT2D eigenvalue weighted by Gasteiger charge is 2.08. The van der Waals surface area contributed by atoms with Crippen molar-refractivity contribution in [3.63, 3.8) is 0 Å². The molecule has 0 radical (unpaired) electrons. The van der Waals surface area contributed by atoms with Crippen molar-refractivity contribution in [2.75, 3.05) is 18.5 Å². The number of nitrogens with zero attached hydrogens (tertiary/aromatic N) is 1. The van der Waals surface area contributed by atoms with Crippen molar-refractivity contribution >= 4 is 22.4 Å². The molecule has 140 valence electrons. The first-order valence-electron chi connectivity index (χ1n) is 8.91. The van der Waals surface area contributed by atoms with E-state index in [1.807, 2.05) is 66.9 Å². The largest absolute Gasteiger partial charge is 0.494 e. The van der Waals surface area contributed by atoms with E-state index in [9.17, 15) is 4.79 Å². The van der Waals surface area contributed by atoms with Crippen molar-refractivity contribution in [2.45, 2.75) is 19.8 Å². The first-order valence-corrected chi connectivity index (χ1v) is 9.79. The third kappa shape index (κ3) is 5.82. The van der Waals surface area contributed by atoms with Crippen molar-refractivity contribution in [1.29, 1.82) is 0 Å². The molecule has 6 heteroatoms. The standard InChI is InChI=1S/C21H22N2O3S/c1-2-25-17-10-12-18(13-11-17)26-14-6-9-20(24)23-21-22-19(15-27-21)16-7-4-3-5-8-16/h3-5,7-8,10-13,15H,2,6,9,14H2,1H3,(H,22,23,24). The maximum absolute atomic E-state index is 12.1. The summed E-state index contributed by atoms with van der Waals surface area (Å²) in [7, 11) is 0. The summed E-state index contributed by atoms with van der Waals surface area (Å²) in [5, 5.41) is 5.41. The van der Waals surface area contributed by atoms with Gasteiger partial charge in [0.2, 0.25) is 5.91 Å². The first kappa shape index (κ1) is 18.9. The summed E-state index contributed by atoms with van der Waals surface area (Å²) in [6.07, 6.45) is 1.02. The number of anilines is 1. The van der Waals surface area contributed by atoms with Crippen LogP contribution < -0.4 is 14.8 Å². The highest BCUT2D eigenvalue weighted by Crippen LogP contribution is 2.24. The summed E-state index contributed by atoms with van der Waals surface area (Å²) in [6, 6.07) is 17.4. The predicted octanol–water partition coefficient (Wildman–Crippen LogP) is 5.01. The van der Waals surface area contributed by atoms with Crippen LogP contribution in [0, 0.1) is 0 Å². The topological polar surface area (TPSA) is 60.5 Å². The molecule has 3 aromatic rings. The Labute approximate surface area is 163 Å². The van der Waals surface area contributed by atoms with E-state index in [0.717, 1.165) is 22.8 Å². The summed E-state index contributed by atoms with van der Waals surface area (Å²) >= 11 is 1.43. The number of benzene rings is 2. The molecule has 0 aliphatic heterocycles. The second kappa shape index (κ2) is 9.73. The number of hydrogen-bond acceptors (Lipinski definition) is 5. The lowest BCUT2D eigenvalue weighted by Crippen LogP contribution is -2.12. The summed E-state index contributed by atoms with van der Waals surface area (Å²) in [5.74, 6) is 1.54. The number of carbonyl (C=O) groups excluding carboxylic acids is 1. The maximum atomic E-state index is 12.1. The minimum atomic E-state index is -0.0562. The molecule has 0 aliphatic carbocycles. The Bertz CT molecular complexity index is 847. The summed E-state index contributed by atoms with van der Waals surface area (Å²) < 4.78 is 11.0. The van der Waals surface area contributed by atoms with Crippen molar-refractivity contribution in [1.82, 2.24) is 4.98 Å². The SMILES string of the molecule is CCOc1ccc(OCCCC(=O)Nc2nc(-c3ccccc3)cs2)cc1. The van der Waals surface area contributed by atoms with E-state index in [2.05, 4.69) is 10.3 Å². The van der Waals surface area contributed by atoms with Crippen molar-refractivity contribution in [3.05, 3.63) is 60.0 Å². The van der Waals surface area contributed by atoms with Gasteiger partial charge in [-0.25, -0.2) is 4.98 Å². The van der Waals surface area contributed by atoms with E-state index in [4.69, 9.17) is 9.47 Å². The molecule has 0 saturated carbocycles. The number of rotatable bonds is 9. The molecule has 5 nitrogen and oxygen atoms in total.